The van der Waals surface area contributed by atoms with Crippen molar-refractivity contribution in [3.8, 4) is 0 Å². The summed E-state index contributed by atoms with van der Waals surface area (Å²) in [6.45, 7) is 6.96. The third-order valence-electron chi connectivity index (χ3n) is 3.59. The third kappa shape index (κ3) is 14.3. The molecule has 0 fully saturated rings. The molecule has 0 spiro atoms. The standard InChI is InChI=1S/C16H38N4/c1-18(2)12-7-9-15-20(14-6-5-11-17)16-10-8-13-19(3)4/h5-17H2,1-4H3. The van der Waals surface area contributed by atoms with E-state index in [-0.39, 0.29) is 0 Å². The van der Waals surface area contributed by atoms with Gasteiger partial charge in [0.15, 0.2) is 0 Å². The molecule has 0 aliphatic rings. The Morgan fingerprint density at radius 2 is 0.900 bits per heavy atom. The van der Waals surface area contributed by atoms with E-state index in [1.807, 2.05) is 0 Å². The summed E-state index contributed by atoms with van der Waals surface area (Å²) in [5.74, 6) is 0. The van der Waals surface area contributed by atoms with Crippen LogP contribution in [0.5, 0.6) is 0 Å². The number of hydrogen-bond acceptors (Lipinski definition) is 4. The lowest BCUT2D eigenvalue weighted by molar-refractivity contribution is 0.248. The van der Waals surface area contributed by atoms with E-state index in [0.29, 0.717) is 0 Å². The van der Waals surface area contributed by atoms with E-state index in [2.05, 4.69) is 42.9 Å². The van der Waals surface area contributed by atoms with E-state index in [4.69, 9.17) is 5.73 Å². The molecule has 0 aliphatic heterocycles. The van der Waals surface area contributed by atoms with Gasteiger partial charge in [0.05, 0.1) is 0 Å². The van der Waals surface area contributed by atoms with Crippen LogP contribution >= 0.6 is 0 Å². The summed E-state index contributed by atoms with van der Waals surface area (Å²) in [4.78, 5) is 7.19. The molecule has 0 aromatic carbocycles. The molecular weight excluding hydrogens is 248 g/mol. The second-order valence-electron chi connectivity index (χ2n) is 6.36. The maximum Gasteiger partial charge on any atom is -0.00183 e. The molecule has 0 amide bonds. The molecule has 4 heteroatoms. The van der Waals surface area contributed by atoms with Crippen LogP contribution in [0.2, 0.25) is 0 Å². The van der Waals surface area contributed by atoms with Gasteiger partial charge in [0.25, 0.3) is 0 Å². The summed E-state index contributed by atoms with van der Waals surface area (Å²) in [7, 11) is 8.61. The summed E-state index contributed by atoms with van der Waals surface area (Å²) >= 11 is 0. The van der Waals surface area contributed by atoms with Crippen LogP contribution in [-0.2, 0) is 0 Å². The van der Waals surface area contributed by atoms with Gasteiger partial charge in [-0.1, -0.05) is 0 Å². The highest BCUT2D eigenvalue weighted by molar-refractivity contribution is 4.61. The van der Waals surface area contributed by atoms with Gasteiger partial charge in [-0.2, -0.15) is 0 Å². The van der Waals surface area contributed by atoms with Crippen LogP contribution in [0.1, 0.15) is 38.5 Å². The largest absolute Gasteiger partial charge is 0.330 e. The van der Waals surface area contributed by atoms with Crippen LogP contribution in [0.4, 0.5) is 0 Å². The van der Waals surface area contributed by atoms with Crippen LogP contribution in [0.3, 0.4) is 0 Å². The molecule has 0 saturated heterocycles. The number of rotatable bonds is 14. The molecular formula is C16H38N4. The monoisotopic (exact) mass is 286 g/mol. The first-order chi connectivity index (χ1) is 9.56. The van der Waals surface area contributed by atoms with Gasteiger partial charge < -0.3 is 20.4 Å². The first-order valence-corrected chi connectivity index (χ1v) is 8.28. The predicted molar refractivity (Wildman–Crippen MR) is 90.3 cm³/mol. The molecule has 2 N–H and O–H groups in total. The molecule has 0 bridgehead atoms. The molecule has 0 rings (SSSR count). The fourth-order valence-corrected chi connectivity index (χ4v) is 2.34. The van der Waals surface area contributed by atoms with Crippen molar-refractivity contribution in [2.24, 2.45) is 5.73 Å². The van der Waals surface area contributed by atoms with Gasteiger partial charge in [0, 0.05) is 0 Å². The van der Waals surface area contributed by atoms with E-state index < -0.39 is 0 Å². The Kier molecular flexibility index (Phi) is 13.7. The van der Waals surface area contributed by atoms with Gasteiger partial charge in [0.1, 0.15) is 0 Å². The molecule has 0 saturated carbocycles. The zero-order valence-corrected chi connectivity index (χ0v) is 14.4. The molecule has 0 aromatic rings. The molecule has 122 valence electrons. The summed E-state index contributed by atoms with van der Waals surface area (Å²) in [6.07, 6.45) is 7.64. The van der Waals surface area contributed by atoms with Gasteiger partial charge in [-0.3, -0.25) is 0 Å². The molecule has 20 heavy (non-hydrogen) atoms. The van der Waals surface area contributed by atoms with Crippen LogP contribution in [0.25, 0.3) is 0 Å². The normalized spacial score (nSPS) is 12.0. The third-order valence-corrected chi connectivity index (χ3v) is 3.59. The molecule has 0 atom stereocenters. The summed E-state index contributed by atoms with van der Waals surface area (Å²) in [6, 6.07) is 0. The Bertz CT molecular complexity index is 179. The Morgan fingerprint density at radius 1 is 0.550 bits per heavy atom. The lowest BCUT2D eigenvalue weighted by Gasteiger charge is -2.23. The molecule has 0 aromatic heterocycles. The minimum atomic E-state index is 0.828. The van der Waals surface area contributed by atoms with Gasteiger partial charge >= 0.3 is 0 Å². The molecule has 4 nitrogen and oxygen atoms in total. The number of hydrogen-bond donors (Lipinski definition) is 1. The average molecular weight is 287 g/mol. The summed E-state index contributed by atoms with van der Waals surface area (Å²) < 4.78 is 0. The van der Waals surface area contributed by atoms with Crippen molar-refractivity contribution in [2.45, 2.75) is 38.5 Å². The second-order valence-corrected chi connectivity index (χ2v) is 6.36. The SMILES string of the molecule is CN(C)CCCCN(CCCCN)CCCCN(C)C. The number of unbranched alkanes of at least 4 members (excludes halogenated alkanes) is 3. The zero-order chi connectivity index (χ0) is 15.2. The van der Waals surface area contributed by atoms with Crippen molar-refractivity contribution in [3.63, 3.8) is 0 Å². The van der Waals surface area contributed by atoms with Crippen LogP contribution in [-0.4, -0.2) is 82.2 Å². The zero-order valence-electron chi connectivity index (χ0n) is 14.4. The quantitative estimate of drug-likeness (QED) is 0.493. The van der Waals surface area contributed by atoms with E-state index in [0.717, 1.165) is 13.0 Å². The average Bonchev–Trinajstić information content (AvgIpc) is 2.38. The van der Waals surface area contributed by atoms with Gasteiger partial charge in [-0.05, 0) is 106 Å². The highest BCUT2D eigenvalue weighted by Gasteiger charge is 2.04. The van der Waals surface area contributed by atoms with Crippen LogP contribution < -0.4 is 5.73 Å². The highest BCUT2D eigenvalue weighted by Crippen LogP contribution is 2.03. The van der Waals surface area contributed by atoms with Gasteiger partial charge in [-0.25, -0.2) is 0 Å². The van der Waals surface area contributed by atoms with Crippen molar-refractivity contribution in [3.05, 3.63) is 0 Å². The van der Waals surface area contributed by atoms with Gasteiger partial charge in [0.2, 0.25) is 0 Å². The first kappa shape index (κ1) is 19.8. The number of nitrogens with zero attached hydrogens (tertiary/aromatic N) is 3. The maximum absolute atomic E-state index is 5.60. The van der Waals surface area contributed by atoms with Crippen molar-refractivity contribution < 1.29 is 0 Å². The van der Waals surface area contributed by atoms with E-state index in [9.17, 15) is 0 Å². The summed E-state index contributed by atoms with van der Waals surface area (Å²) in [5, 5.41) is 0. The van der Waals surface area contributed by atoms with E-state index in [1.54, 1.807) is 0 Å². The Labute approximate surface area is 127 Å². The van der Waals surface area contributed by atoms with Crippen molar-refractivity contribution in [1.29, 1.82) is 0 Å². The fourth-order valence-electron chi connectivity index (χ4n) is 2.34. The van der Waals surface area contributed by atoms with Crippen molar-refractivity contribution >= 4 is 0 Å². The number of nitrogens with two attached hydrogens (primary N) is 1. The minimum Gasteiger partial charge on any atom is -0.330 e. The summed E-state index contributed by atoms with van der Waals surface area (Å²) in [5.41, 5.74) is 5.60. The van der Waals surface area contributed by atoms with E-state index >= 15 is 0 Å². The lowest BCUT2D eigenvalue weighted by atomic mass is 10.2. The van der Waals surface area contributed by atoms with E-state index in [1.165, 1.54) is 64.8 Å². The Balaban J connectivity index is 3.75. The topological polar surface area (TPSA) is 35.7 Å². The highest BCUT2D eigenvalue weighted by atomic mass is 15.1. The smallest absolute Gasteiger partial charge is 0.00183 e. The minimum absolute atomic E-state index is 0.828. The predicted octanol–water partition coefficient (Wildman–Crippen LogP) is 1.71. The lowest BCUT2D eigenvalue weighted by Crippen LogP contribution is -2.29. The first-order valence-electron chi connectivity index (χ1n) is 8.28. The Hall–Kier alpha value is -0.160. The molecule has 0 aliphatic carbocycles. The second kappa shape index (κ2) is 13.8. The molecule has 0 heterocycles. The molecule has 0 unspecified atom stereocenters. The van der Waals surface area contributed by atoms with Crippen LogP contribution in [0.15, 0.2) is 0 Å². The maximum atomic E-state index is 5.60. The fraction of sp³-hybridized carbons (Fsp3) is 1.00. The van der Waals surface area contributed by atoms with Crippen LogP contribution in [0, 0.1) is 0 Å². The molecule has 0 radical (unpaired) electrons. The van der Waals surface area contributed by atoms with Gasteiger partial charge in [-0.15, -0.1) is 0 Å². The van der Waals surface area contributed by atoms with Crippen molar-refractivity contribution in [2.75, 3.05) is 67.5 Å². The Morgan fingerprint density at radius 3 is 1.25 bits per heavy atom. The van der Waals surface area contributed by atoms with Crippen molar-refractivity contribution in [1.82, 2.24) is 14.7 Å².